The highest BCUT2D eigenvalue weighted by atomic mass is 35.5. The molecule has 1 fully saturated rings. The normalized spacial score (nSPS) is 18.5. The maximum Gasteiger partial charge on any atom is 0.243 e. The van der Waals surface area contributed by atoms with Crippen LogP contribution in [0.4, 0.5) is 4.39 Å². The molecule has 1 heterocycles. The van der Waals surface area contributed by atoms with E-state index in [1.54, 1.807) is 13.8 Å². The molecule has 142 valence electrons. The lowest BCUT2D eigenvalue weighted by Gasteiger charge is -2.32. The van der Waals surface area contributed by atoms with E-state index in [-0.39, 0.29) is 35.7 Å². The minimum atomic E-state index is -3.77. The summed E-state index contributed by atoms with van der Waals surface area (Å²) < 4.78 is 40.7. The van der Waals surface area contributed by atoms with Crippen LogP contribution >= 0.6 is 12.4 Å². The Morgan fingerprint density at radius 3 is 2.52 bits per heavy atom. The summed E-state index contributed by atoms with van der Waals surface area (Å²) in [5, 5.41) is 2.71. The molecule has 1 aromatic rings. The maximum absolute atomic E-state index is 13.5. The number of nitrogens with one attached hydrogen (secondary N) is 1. The predicted octanol–water partition coefficient (Wildman–Crippen LogP) is 1.34. The molecule has 1 atom stereocenters. The van der Waals surface area contributed by atoms with Crippen LogP contribution in [0.2, 0.25) is 0 Å². The van der Waals surface area contributed by atoms with Gasteiger partial charge in [-0.2, -0.15) is 4.31 Å². The fourth-order valence-corrected chi connectivity index (χ4v) is 5.08. The zero-order valence-corrected chi connectivity index (χ0v) is 16.1. The summed E-state index contributed by atoms with van der Waals surface area (Å²) in [6, 6.07) is 2.44. The van der Waals surface area contributed by atoms with Crippen molar-refractivity contribution >= 4 is 28.3 Å². The lowest BCUT2D eigenvalue weighted by molar-refractivity contribution is -0.126. The second kappa shape index (κ2) is 8.93. The zero-order valence-electron chi connectivity index (χ0n) is 14.4. The average Bonchev–Trinajstić information content (AvgIpc) is 2.51. The van der Waals surface area contributed by atoms with Crippen molar-refractivity contribution in [2.45, 2.75) is 31.6 Å². The Hall–Kier alpha value is -1.22. The molecule has 25 heavy (non-hydrogen) atoms. The molecule has 1 unspecified atom stereocenters. The van der Waals surface area contributed by atoms with E-state index in [4.69, 9.17) is 5.73 Å². The minimum absolute atomic E-state index is 0. The molecule has 0 radical (unpaired) electrons. The number of piperidine rings is 1. The lowest BCUT2D eigenvalue weighted by atomic mass is 9.99. The van der Waals surface area contributed by atoms with Crippen molar-refractivity contribution in [2.75, 3.05) is 26.2 Å². The van der Waals surface area contributed by atoms with E-state index in [0.29, 0.717) is 43.6 Å². The molecule has 0 aliphatic carbocycles. The fourth-order valence-electron chi connectivity index (χ4n) is 3.15. The molecule has 9 heteroatoms. The van der Waals surface area contributed by atoms with E-state index >= 15 is 0 Å². The van der Waals surface area contributed by atoms with Crippen molar-refractivity contribution in [3.63, 3.8) is 0 Å². The molecular weight excluding hydrogens is 369 g/mol. The van der Waals surface area contributed by atoms with Gasteiger partial charge in [0.15, 0.2) is 0 Å². The molecule has 1 aliphatic heterocycles. The number of nitrogens with zero attached hydrogens (tertiary/aromatic N) is 1. The van der Waals surface area contributed by atoms with Crippen LogP contribution in [0.3, 0.4) is 0 Å². The highest BCUT2D eigenvalue weighted by molar-refractivity contribution is 7.89. The van der Waals surface area contributed by atoms with Gasteiger partial charge in [-0.05, 0) is 49.9 Å². The monoisotopic (exact) mass is 393 g/mol. The number of hydrogen-bond acceptors (Lipinski definition) is 4. The highest BCUT2D eigenvalue weighted by Gasteiger charge is 2.34. The first-order valence-corrected chi connectivity index (χ1v) is 9.46. The number of rotatable bonds is 5. The first-order chi connectivity index (χ1) is 11.3. The summed E-state index contributed by atoms with van der Waals surface area (Å²) in [5.41, 5.74) is 6.13. The lowest BCUT2D eigenvalue weighted by Crippen LogP contribution is -2.46. The Balaban J connectivity index is 0.00000312. The van der Waals surface area contributed by atoms with E-state index in [9.17, 15) is 17.6 Å². The van der Waals surface area contributed by atoms with Crippen LogP contribution in [-0.2, 0) is 14.8 Å². The van der Waals surface area contributed by atoms with Gasteiger partial charge in [0, 0.05) is 26.2 Å². The van der Waals surface area contributed by atoms with Gasteiger partial charge in [0.05, 0.1) is 10.8 Å². The van der Waals surface area contributed by atoms with Crippen LogP contribution < -0.4 is 11.1 Å². The summed E-state index contributed by atoms with van der Waals surface area (Å²) in [4.78, 5) is 12.2. The van der Waals surface area contributed by atoms with Gasteiger partial charge in [-0.15, -0.1) is 12.4 Å². The third-order valence-electron chi connectivity index (χ3n) is 4.22. The number of benzene rings is 1. The summed E-state index contributed by atoms with van der Waals surface area (Å²) >= 11 is 0. The Labute approximate surface area is 154 Å². The van der Waals surface area contributed by atoms with E-state index < -0.39 is 15.8 Å². The molecule has 0 bridgehead atoms. The van der Waals surface area contributed by atoms with E-state index in [2.05, 4.69) is 5.32 Å². The van der Waals surface area contributed by atoms with Crippen LogP contribution in [0.5, 0.6) is 0 Å². The Kier molecular flexibility index (Phi) is 7.80. The standard InChI is InChI=1S/C16H24FN3O3S.ClH/c1-11-8-14(17)9-12(2)15(11)24(22,23)20-7-3-4-13(10-20)16(21)19-6-5-18;/h8-9,13H,3-7,10,18H2,1-2H3,(H,19,21);1H. The Morgan fingerprint density at radius 2 is 1.96 bits per heavy atom. The summed E-state index contributed by atoms with van der Waals surface area (Å²) in [6.45, 7) is 4.37. The maximum atomic E-state index is 13.5. The van der Waals surface area contributed by atoms with E-state index in [1.807, 2.05) is 0 Å². The van der Waals surface area contributed by atoms with Crippen LogP contribution in [0.15, 0.2) is 17.0 Å². The van der Waals surface area contributed by atoms with E-state index in [0.717, 1.165) is 0 Å². The van der Waals surface area contributed by atoms with Gasteiger partial charge in [-0.3, -0.25) is 4.79 Å². The summed E-state index contributed by atoms with van der Waals surface area (Å²) in [6.07, 6.45) is 1.25. The second-order valence-electron chi connectivity index (χ2n) is 6.15. The molecule has 0 spiro atoms. The third kappa shape index (κ3) is 4.91. The minimum Gasteiger partial charge on any atom is -0.355 e. The van der Waals surface area contributed by atoms with Gasteiger partial charge < -0.3 is 11.1 Å². The number of carbonyl (C=O) groups excluding carboxylic acids is 1. The quantitative estimate of drug-likeness (QED) is 0.789. The van der Waals surface area contributed by atoms with Crippen molar-refractivity contribution < 1.29 is 17.6 Å². The number of nitrogens with two attached hydrogens (primary N) is 1. The zero-order chi connectivity index (χ0) is 17.9. The number of carbonyl (C=O) groups is 1. The molecule has 0 saturated carbocycles. The SMILES string of the molecule is Cc1cc(F)cc(C)c1S(=O)(=O)N1CCCC(C(=O)NCCN)C1.Cl. The largest absolute Gasteiger partial charge is 0.355 e. The number of sulfonamides is 1. The molecule has 1 aliphatic rings. The first kappa shape index (κ1) is 21.8. The van der Waals surface area contributed by atoms with Crippen molar-refractivity contribution in [2.24, 2.45) is 11.7 Å². The summed E-state index contributed by atoms with van der Waals surface area (Å²) in [7, 11) is -3.77. The molecular formula is C16H25ClFN3O3S. The van der Waals surface area contributed by atoms with Crippen LogP contribution in [-0.4, -0.2) is 44.8 Å². The number of aryl methyl sites for hydroxylation is 2. The van der Waals surface area contributed by atoms with Gasteiger partial charge in [0.25, 0.3) is 0 Å². The number of amides is 1. The molecule has 1 aromatic carbocycles. The van der Waals surface area contributed by atoms with Gasteiger partial charge in [-0.1, -0.05) is 0 Å². The second-order valence-corrected chi connectivity index (χ2v) is 8.03. The molecule has 6 nitrogen and oxygen atoms in total. The Morgan fingerprint density at radius 1 is 1.36 bits per heavy atom. The molecule has 0 aromatic heterocycles. The van der Waals surface area contributed by atoms with Crippen molar-refractivity contribution in [1.82, 2.24) is 9.62 Å². The van der Waals surface area contributed by atoms with Crippen molar-refractivity contribution in [3.05, 3.63) is 29.1 Å². The first-order valence-electron chi connectivity index (χ1n) is 8.02. The predicted molar refractivity (Wildman–Crippen MR) is 96.7 cm³/mol. The van der Waals surface area contributed by atoms with Crippen molar-refractivity contribution in [3.8, 4) is 0 Å². The number of halogens is 2. The molecule has 1 amide bonds. The molecule has 3 N–H and O–H groups in total. The van der Waals surface area contributed by atoms with Crippen LogP contribution in [0, 0.1) is 25.6 Å². The summed E-state index contributed by atoms with van der Waals surface area (Å²) in [5.74, 6) is -1.02. The third-order valence-corrected chi connectivity index (χ3v) is 6.39. The van der Waals surface area contributed by atoms with Crippen LogP contribution in [0.1, 0.15) is 24.0 Å². The highest BCUT2D eigenvalue weighted by Crippen LogP contribution is 2.28. The smallest absolute Gasteiger partial charge is 0.243 e. The Bertz CT molecular complexity index is 704. The van der Waals surface area contributed by atoms with Gasteiger partial charge in [0.1, 0.15) is 5.82 Å². The van der Waals surface area contributed by atoms with E-state index in [1.165, 1.54) is 16.4 Å². The van der Waals surface area contributed by atoms with Gasteiger partial charge in [0.2, 0.25) is 15.9 Å². The fraction of sp³-hybridized carbons (Fsp3) is 0.562. The van der Waals surface area contributed by atoms with Crippen molar-refractivity contribution in [1.29, 1.82) is 0 Å². The topological polar surface area (TPSA) is 92.5 Å². The van der Waals surface area contributed by atoms with Crippen LogP contribution in [0.25, 0.3) is 0 Å². The average molecular weight is 394 g/mol. The molecule has 1 saturated heterocycles. The van der Waals surface area contributed by atoms with Gasteiger partial charge >= 0.3 is 0 Å². The number of hydrogen-bond donors (Lipinski definition) is 2. The van der Waals surface area contributed by atoms with Gasteiger partial charge in [-0.25, -0.2) is 12.8 Å². The molecule has 2 rings (SSSR count).